The van der Waals surface area contributed by atoms with E-state index in [1.165, 1.54) is 5.56 Å². The fourth-order valence-corrected chi connectivity index (χ4v) is 3.25. The zero-order valence-electron chi connectivity index (χ0n) is 16.1. The van der Waals surface area contributed by atoms with Gasteiger partial charge < -0.3 is 14.4 Å². The van der Waals surface area contributed by atoms with Crippen molar-refractivity contribution in [3.8, 4) is 5.75 Å². The van der Waals surface area contributed by atoms with E-state index in [2.05, 4.69) is 10.4 Å². The Labute approximate surface area is 160 Å². The second-order valence-corrected chi connectivity index (χ2v) is 6.64. The molecule has 1 aliphatic heterocycles. The van der Waals surface area contributed by atoms with Gasteiger partial charge in [0.2, 0.25) is 0 Å². The van der Waals surface area contributed by atoms with Crippen LogP contribution in [0.5, 0.6) is 5.75 Å². The van der Waals surface area contributed by atoms with Crippen LogP contribution in [0.4, 0.5) is 10.6 Å². The van der Waals surface area contributed by atoms with Gasteiger partial charge in [0.15, 0.2) is 0 Å². The van der Waals surface area contributed by atoms with Gasteiger partial charge in [0.05, 0.1) is 19.4 Å². The summed E-state index contributed by atoms with van der Waals surface area (Å²) in [6.07, 6.45) is 4.64. The number of amides is 2. The van der Waals surface area contributed by atoms with E-state index in [9.17, 15) is 4.79 Å². The molecule has 1 saturated heterocycles. The average Bonchev–Trinajstić information content (AvgIpc) is 3.37. The molecule has 7 nitrogen and oxygen atoms in total. The minimum absolute atomic E-state index is 0.114. The summed E-state index contributed by atoms with van der Waals surface area (Å²) in [5.41, 5.74) is 1.17. The Bertz CT molecular complexity index is 723. The molecule has 1 aliphatic rings. The summed E-state index contributed by atoms with van der Waals surface area (Å²) >= 11 is 0. The van der Waals surface area contributed by atoms with Crippen molar-refractivity contribution in [1.29, 1.82) is 0 Å². The number of carbonyl (C=O) groups is 1. The van der Waals surface area contributed by atoms with Gasteiger partial charge in [-0.2, -0.15) is 5.10 Å². The number of rotatable bonds is 8. The maximum Gasteiger partial charge on any atom is 0.323 e. The van der Waals surface area contributed by atoms with Crippen LogP contribution in [0.3, 0.4) is 0 Å². The molecule has 0 radical (unpaired) electrons. The van der Waals surface area contributed by atoms with Crippen molar-refractivity contribution in [2.24, 2.45) is 0 Å². The number of hydrogen-bond acceptors (Lipinski definition) is 4. The normalized spacial score (nSPS) is 16.3. The van der Waals surface area contributed by atoms with E-state index in [1.807, 2.05) is 42.2 Å². The summed E-state index contributed by atoms with van der Waals surface area (Å²) in [5.74, 6) is 1.55. The van der Waals surface area contributed by atoms with Crippen molar-refractivity contribution in [3.05, 3.63) is 42.1 Å². The maximum absolute atomic E-state index is 12.9. The molecule has 0 saturated carbocycles. The van der Waals surface area contributed by atoms with E-state index >= 15 is 0 Å². The van der Waals surface area contributed by atoms with E-state index in [1.54, 1.807) is 18.0 Å². The molecule has 1 aromatic heterocycles. The van der Waals surface area contributed by atoms with Crippen molar-refractivity contribution < 1.29 is 14.3 Å². The summed E-state index contributed by atoms with van der Waals surface area (Å²) in [7, 11) is 1.66. The second-order valence-electron chi connectivity index (χ2n) is 6.64. The first-order valence-corrected chi connectivity index (χ1v) is 9.52. The number of carbonyl (C=O) groups excluding carboxylic acids is 1. The van der Waals surface area contributed by atoms with Crippen LogP contribution in [0.2, 0.25) is 0 Å². The van der Waals surface area contributed by atoms with E-state index in [4.69, 9.17) is 9.47 Å². The Morgan fingerprint density at radius 1 is 1.37 bits per heavy atom. The Balaban J connectivity index is 1.64. The predicted octanol–water partition coefficient (Wildman–Crippen LogP) is 3.17. The second kappa shape index (κ2) is 9.41. The first-order valence-electron chi connectivity index (χ1n) is 9.52. The van der Waals surface area contributed by atoms with Crippen LogP contribution >= 0.6 is 0 Å². The zero-order chi connectivity index (χ0) is 19.1. The summed E-state index contributed by atoms with van der Waals surface area (Å²) in [6, 6.07) is 9.66. The molecule has 2 amide bonds. The number of anilines is 1. The van der Waals surface area contributed by atoms with E-state index < -0.39 is 0 Å². The summed E-state index contributed by atoms with van der Waals surface area (Å²) in [4.78, 5) is 14.7. The maximum atomic E-state index is 12.9. The number of aromatic nitrogens is 2. The smallest absolute Gasteiger partial charge is 0.323 e. The zero-order valence-corrected chi connectivity index (χ0v) is 16.1. The van der Waals surface area contributed by atoms with E-state index in [0.29, 0.717) is 25.5 Å². The first-order chi connectivity index (χ1) is 13.2. The van der Waals surface area contributed by atoms with Crippen molar-refractivity contribution >= 4 is 11.8 Å². The average molecular weight is 372 g/mol. The summed E-state index contributed by atoms with van der Waals surface area (Å²) in [6.45, 7) is 4.71. The molecule has 0 spiro atoms. The third-order valence-electron chi connectivity index (χ3n) is 4.82. The minimum atomic E-state index is -0.116. The minimum Gasteiger partial charge on any atom is -0.497 e. The van der Waals surface area contributed by atoms with Gasteiger partial charge in [-0.3, -0.25) is 5.32 Å². The van der Waals surface area contributed by atoms with Gasteiger partial charge in [-0.15, -0.1) is 0 Å². The molecule has 0 aliphatic carbocycles. The van der Waals surface area contributed by atoms with Gasteiger partial charge in [0.25, 0.3) is 0 Å². The molecule has 0 unspecified atom stereocenters. The molecule has 1 N–H and O–H groups in total. The quantitative estimate of drug-likeness (QED) is 0.773. The predicted molar refractivity (Wildman–Crippen MR) is 104 cm³/mol. The number of hydrogen-bond donors (Lipinski definition) is 1. The van der Waals surface area contributed by atoms with Crippen molar-refractivity contribution in [2.45, 2.75) is 38.8 Å². The molecular formula is C20H28N4O3. The van der Waals surface area contributed by atoms with Crippen LogP contribution < -0.4 is 10.1 Å². The number of ether oxygens (including phenoxy) is 2. The summed E-state index contributed by atoms with van der Waals surface area (Å²) in [5, 5.41) is 7.19. The number of benzene rings is 1. The van der Waals surface area contributed by atoms with Gasteiger partial charge >= 0.3 is 6.03 Å². The number of methoxy groups -OCH3 is 1. The van der Waals surface area contributed by atoms with Gasteiger partial charge in [-0.1, -0.05) is 12.1 Å². The van der Waals surface area contributed by atoms with Gasteiger partial charge in [0, 0.05) is 32.3 Å². The van der Waals surface area contributed by atoms with Crippen LogP contribution in [0, 0.1) is 0 Å². The highest BCUT2D eigenvalue weighted by atomic mass is 16.5. The third kappa shape index (κ3) is 5.23. The van der Waals surface area contributed by atoms with E-state index in [0.717, 1.165) is 31.6 Å². The molecule has 146 valence electrons. The lowest BCUT2D eigenvalue weighted by Gasteiger charge is -2.26. The molecule has 27 heavy (non-hydrogen) atoms. The highest BCUT2D eigenvalue weighted by Gasteiger charge is 2.23. The molecule has 2 aromatic rings. The topological polar surface area (TPSA) is 68.6 Å². The van der Waals surface area contributed by atoms with Gasteiger partial charge in [-0.25, -0.2) is 9.48 Å². The lowest BCUT2D eigenvalue weighted by Crippen LogP contribution is -2.41. The molecular weight excluding hydrogens is 344 g/mol. The van der Waals surface area contributed by atoms with Crippen LogP contribution in [0.15, 0.2) is 36.5 Å². The molecule has 3 rings (SSSR count). The fraction of sp³-hybridized carbons (Fsp3) is 0.500. The largest absolute Gasteiger partial charge is 0.497 e. The van der Waals surface area contributed by atoms with E-state index in [-0.39, 0.29) is 12.1 Å². The molecule has 2 heterocycles. The van der Waals surface area contributed by atoms with Crippen LogP contribution in [0.25, 0.3) is 0 Å². The van der Waals surface area contributed by atoms with Crippen molar-refractivity contribution in [2.75, 3.05) is 32.1 Å². The lowest BCUT2D eigenvalue weighted by molar-refractivity contribution is 0.0838. The number of urea groups is 1. The highest BCUT2D eigenvalue weighted by molar-refractivity contribution is 5.88. The molecule has 0 bridgehead atoms. The third-order valence-corrected chi connectivity index (χ3v) is 4.82. The molecule has 1 aromatic carbocycles. The SMILES string of the molecule is CCn1nccc1NC(=O)N(CCc1ccc(OC)cc1)C[C@@H]1CCCO1. The van der Waals surface area contributed by atoms with Crippen molar-refractivity contribution in [1.82, 2.24) is 14.7 Å². The van der Waals surface area contributed by atoms with Crippen LogP contribution in [-0.2, 0) is 17.7 Å². The fourth-order valence-electron chi connectivity index (χ4n) is 3.25. The molecule has 7 heteroatoms. The molecule has 1 atom stereocenters. The highest BCUT2D eigenvalue weighted by Crippen LogP contribution is 2.16. The first kappa shape index (κ1) is 19.2. The van der Waals surface area contributed by atoms with Crippen LogP contribution in [0.1, 0.15) is 25.3 Å². The Morgan fingerprint density at radius 3 is 2.85 bits per heavy atom. The Morgan fingerprint density at radius 2 is 2.19 bits per heavy atom. The number of aryl methyl sites for hydroxylation is 1. The standard InChI is InChI=1S/C20H28N4O3/c1-3-24-19(10-12-21-24)22-20(25)23(15-18-5-4-14-27-18)13-11-16-6-8-17(26-2)9-7-16/h6-10,12,18H,3-5,11,13-15H2,1-2H3,(H,22,25)/t18-/m0/s1. The van der Waals surface area contributed by atoms with Gasteiger partial charge in [-0.05, 0) is 43.9 Å². The number of nitrogens with one attached hydrogen (secondary N) is 1. The lowest BCUT2D eigenvalue weighted by atomic mass is 10.1. The van der Waals surface area contributed by atoms with Crippen LogP contribution in [-0.4, -0.2) is 53.6 Å². The van der Waals surface area contributed by atoms with Crippen molar-refractivity contribution in [3.63, 3.8) is 0 Å². The molecule has 1 fully saturated rings. The number of nitrogens with zero attached hydrogens (tertiary/aromatic N) is 3. The Kier molecular flexibility index (Phi) is 6.70. The Hall–Kier alpha value is -2.54. The van der Waals surface area contributed by atoms with Gasteiger partial charge in [0.1, 0.15) is 11.6 Å². The summed E-state index contributed by atoms with van der Waals surface area (Å²) < 4.78 is 12.7. The monoisotopic (exact) mass is 372 g/mol.